The Bertz CT molecular complexity index is 981. The van der Waals surface area contributed by atoms with Gasteiger partial charge in [0.05, 0.1) is 30.2 Å². The average Bonchev–Trinajstić information content (AvgIpc) is 3.21. The van der Waals surface area contributed by atoms with Gasteiger partial charge in [0.15, 0.2) is 11.7 Å². The lowest BCUT2D eigenvalue weighted by molar-refractivity contribution is 0.254. The Morgan fingerprint density at radius 2 is 2.00 bits per heavy atom. The van der Waals surface area contributed by atoms with E-state index in [1.54, 1.807) is 0 Å². The monoisotopic (exact) mass is 407 g/mol. The molecule has 0 spiro atoms. The first kappa shape index (κ1) is 19.4. The molecule has 0 aromatic carbocycles. The van der Waals surface area contributed by atoms with Crippen LogP contribution < -0.4 is 15.5 Å². The Balaban J connectivity index is 1.45. The van der Waals surface area contributed by atoms with Gasteiger partial charge in [-0.2, -0.15) is 0 Å². The molecular formula is C22H29N7O. The molecule has 30 heavy (non-hydrogen) atoms. The van der Waals surface area contributed by atoms with E-state index >= 15 is 0 Å². The van der Waals surface area contributed by atoms with Gasteiger partial charge in [-0.05, 0) is 49.8 Å². The smallest absolute Gasteiger partial charge is 0.156 e. The van der Waals surface area contributed by atoms with Crippen LogP contribution in [-0.4, -0.2) is 52.1 Å². The molecule has 158 valence electrons. The quantitative estimate of drug-likeness (QED) is 0.797. The minimum absolute atomic E-state index is 0.133. The van der Waals surface area contributed by atoms with E-state index in [4.69, 9.17) is 20.7 Å². The van der Waals surface area contributed by atoms with Gasteiger partial charge in [0, 0.05) is 25.8 Å². The predicted octanol–water partition coefficient (Wildman–Crippen LogP) is 1.64. The highest BCUT2D eigenvalue weighted by Crippen LogP contribution is 2.34. The average molecular weight is 408 g/mol. The molecule has 0 amide bonds. The summed E-state index contributed by atoms with van der Waals surface area (Å²) in [6, 6.07) is 4.06. The molecule has 5 heterocycles. The van der Waals surface area contributed by atoms with Crippen molar-refractivity contribution in [3.63, 3.8) is 0 Å². The largest absolute Gasteiger partial charge is 0.390 e. The van der Waals surface area contributed by atoms with Crippen LogP contribution in [0, 0.1) is 5.41 Å². The standard InChI is InChI=1S/C22H29N7O/c1-22(14-23)6-10-28(11-7-22)20-17(13-30)26-19-16(27-20)12-25-21(19)29-9-3-4-15-18(29)5-2-8-24-15/h2,5,8,30H,3-4,6-7,9-14,23H2,1H3. The van der Waals surface area contributed by atoms with Gasteiger partial charge < -0.3 is 20.6 Å². The molecule has 2 aromatic heterocycles. The third kappa shape index (κ3) is 3.24. The molecule has 0 atom stereocenters. The summed E-state index contributed by atoms with van der Waals surface area (Å²) in [7, 11) is 0. The van der Waals surface area contributed by atoms with Crippen molar-refractivity contribution in [3.8, 4) is 0 Å². The van der Waals surface area contributed by atoms with E-state index in [-0.39, 0.29) is 12.0 Å². The van der Waals surface area contributed by atoms with E-state index in [1.807, 2.05) is 12.3 Å². The number of aromatic nitrogens is 3. The number of aliphatic hydroxyl groups is 1. The number of nitrogens with zero attached hydrogens (tertiary/aromatic N) is 6. The van der Waals surface area contributed by atoms with Crippen molar-refractivity contribution in [2.24, 2.45) is 16.1 Å². The van der Waals surface area contributed by atoms with E-state index in [1.165, 1.54) is 0 Å². The fraction of sp³-hybridized carbons (Fsp3) is 0.545. The normalized spacial score (nSPS) is 20.0. The summed E-state index contributed by atoms with van der Waals surface area (Å²) in [4.78, 5) is 23.6. The van der Waals surface area contributed by atoms with Crippen LogP contribution >= 0.6 is 0 Å². The minimum Gasteiger partial charge on any atom is -0.390 e. The number of anilines is 2. The second-order valence-electron chi connectivity index (χ2n) is 8.81. The topological polar surface area (TPSA) is 104 Å². The van der Waals surface area contributed by atoms with Crippen molar-refractivity contribution in [2.45, 2.75) is 45.8 Å². The predicted molar refractivity (Wildman–Crippen MR) is 117 cm³/mol. The molecule has 1 fully saturated rings. The van der Waals surface area contributed by atoms with Crippen LogP contribution in [0.1, 0.15) is 49.0 Å². The molecule has 5 rings (SSSR count). The van der Waals surface area contributed by atoms with Gasteiger partial charge in [-0.25, -0.2) is 9.97 Å². The van der Waals surface area contributed by atoms with Gasteiger partial charge in [-0.1, -0.05) is 6.92 Å². The summed E-state index contributed by atoms with van der Waals surface area (Å²) in [5.41, 5.74) is 10.7. The van der Waals surface area contributed by atoms with Crippen molar-refractivity contribution in [2.75, 3.05) is 36.0 Å². The number of piperidine rings is 1. The van der Waals surface area contributed by atoms with Crippen LogP contribution in [0.25, 0.3) is 0 Å². The summed E-state index contributed by atoms with van der Waals surface area (Å²) in [5.74, 6) is 1.65. The number of aliphatic imine (C=N–C) groups is 1. The molecular weight excluding hydrogens is 378 g/mol. The van der Waals surface area contributed by atoms with Crippen molar-refractivity contribution in [1.29, 1.82) is 0 Å². The third-order valence-electron chi connectivity index (χ3n) is 6.73. The SMILES string of the molecule is CC1(CN)CCN(c2nc3c(nc2CO)C(N2CCCc4ncccc42)=NC3)CC1. The highest BCUT2D eigenvalue weighted by Gasteiger charge is 2.33. The van der Waals surface area contributed by atoms with Crippen LogP contribution in [0.15, 0.2) is 23.3 Å². The second kappa shape index (κ2) is 7.59. The van der Waals surface area contributed by atoms with Crippen molar-refractivity contribution in [3.05, 3.63) is 41.1 Å². The van der Waals surface area contributed by atoms with Gasteiger partial charge in [-0.3, -0.25) is 9.98 Å². The van der Waals surface area contributed by atoms with Crippen LogP contribution in [0.4, 0.5) is 11.5 Å². The van der Waals surface area contributed by atoms with Gasteiger partial charge in [0.2, 0.25) is 0 Å². The van der Waals surface area contributed by atoms with Crippen LogP contribution in [0.5, 0.6) is 0 Å². The Kier molecular flexibility index (Phi) is 4.91. The van der Waals surface area contributed by atoms with Gasteiger partial charge in [0.1, 0.15) is 11.4 Å². The molecule has 0 aliphatic carbocycles. The first-order valence-electron chi connectivity index (χ1n) is 10.8. The number of pyridine rings is 1. The molecule has 1 saturated heterocycles. The summed E-state index contributed by atoms with van der Waals surface area (Å²) in [6.07, 6.45) is 5.90. The fourth-order valence-corrected chi connectivity index (χ4v) is 4.66. The molecule has 0 unspecified atom stereocenters. The zero-order chi connectivity index (χ0) is 20.7. The number of aryl methyl sites for hydroxylation is 1. The number of hydrogen-bond acceptors (Lipinski definition) is 8. The number of aliphatic hydroxyl groups excluding tert-OH is 1. The summed E-state index contributed by atoms with van der Waals surface area (Å²) >= 11 is 0. The first-order chi connectivity index (χ1) is 14.6. The zero-order valence-electron chi connectivity index (χ0n) is 17.5. The minimum atomic E-state index is -0.133. The number of hydrogen-bond donors (Lipinski definition) is 2. The Morgan fingerprint density at radius 3 is 2.77 bits per heavy atom. The number of fused-ring (bicyclic) bond motifs is 2. The van der Waals surface area contributed by atoms with Crippen LogP contribution in [0.3, 0.4) is 0 Å². The van der Waals surface area contributed by atoms with Gasteiger partial charge in [0.25, 0.3) is 0 Å². The zero-order valence-corrected chi connectivity index (χ0v) is 17.5. The Labute approximate surface area is 176 Å². The number of amidine groups is 1. The molecule has 3 N–H and O–H groups in total. The number of nitrogens with two attached hydrogens (primary N) is 1. The third-order valence-corrected chi connectivity index (χ3v) is 6.73. The molecule has 3 aliphatic heterocycles. The molecule has 8 nitrogen and oxygen atoms in total. The maximum Gasteiger partial charge on any atom is 0.156 e. The van der Waals surface area contributed by atoms with Crippen molar-refractivity contribution >= 4 is 17.3 Å². The lowest BCUT2D eigenvalue weighted by atomic mass is 9.80. The lowest BCUT2D eigenvalue weighted by Crippen LogP contribution is -2.43. The first-order valence-corrected chi connectivity index (χ1v) is 10.8. The summed E-state index contributed by atoms with van der Waals surface area (Å²) < 4.78 is 0. The summed E-state index contributed by atoms with van der Waals surface area (Å²) in [5, 5.41) is 10.1. The van der Waals surface area contributed by atoms with Crippen molar-refractivity contribution < 1.29 is 5.11 Å². The molecule has 2 aromatic rings. The highest BCUT2D eigenvalue weighted by molar-refractivity contribution is 6.11. The molecule has 0 bridgehead atoms. The van der Waals surface area contributed by atoms with Crippen LogP contribution in [-0.2, 0) is 19.6 Å². The molecule has 0 saturated carbocycles. The van der Waals surface area contributed by atoms with Gasteiger partial charge >= 0.3 is 0 Å². The van der Waals surface area contributed by atoms with Crippen molar-refractivity contribution in [1.82, 2.24) is 15.0 Å². The van der Waals surface area contributed by atoms with E-state index in [0.29, 0.717) is 18.8 Å². The maximum atomic E-state index is 10.1. The maximum absolute atomic E-state index is 10.1. The molecule has 0 radical (unpaired) electrons. The second-order valence-corrected chi connectivity index (χ2v) is 8.81. The van der Waals surface area contributed by atoms with Crippen LogP contribution in [0.2, 0.25) is 0 Å². The lowest BCUT2D eigenvalue weighted by Gasteiger charge is -2.39. The molecule has 8 heteroatoms. The fourth-order valence-electron chi connectivity index (χ4n) is 4.66. The molecule has 3 aliphatic rings. The van der Waals surface area contributed by atoms with E-state index < -0.39 is 0 Å². The Hall–Kier alpha value is -2.58. The van der Waals surface area contributed by atoms with E-state index in [0.717, 1.165) is 79.7 Å². The van der Waals surface area contributed by atoms with Gasteiger partial charge in [-0.15, -0.1) is 0 Å². The Morgan fingerprint density at radius 1 is 1.17 bits per heavy atom. The van der Waals surface area contributed by atoms with E-state index in [9.17, 15) is 5.11 Å². The summed E-state index contributed by atoms with van der Waals surface area (Å²) in [6.45, 7) is 5.99. The number of rotatable bonds is 3. The highest BCUT2D eigenvalue weighted by atomic mass is 16.3. The van der Waals surface area contributed by atoms with E-state index in [2.05, 4.69) is 27.8 Å².